The molecule has 0 spiro atoms. The first-order valence-electron chi connectivity index (χ1n) is 8.88. The zero-order chi connectivity index (χ0) is 16.8. The Bertz CT molecular complexity index is 645. The van der Waals surface area contributed by atoms with Gasteiger partial charge in [-0.2, -0.15) is 0 Å². The zero-order valence-corrected chi connectivity index (χ0v) is 14.4. The predicted octanol–water partition coefficient (Wildman–Crippen LogP) is 3.95. The van der Waals surface area contributed by atoms with Crippen LogP contribution in [0.5, 0.6) is 0 Å². The number of benzene rings is 2. The maximum Gasteiger partial charge on any atom is 0.251 e. The third-order valence-electron chi connectivity index (χ3n) is 4.79. The van der Waals surface area contributed by atoms with E-state index in [0.29, 0.717) is 6.54 Å². The normalized spacial score (nSPS) is 16.5. The maximum absolute atomic E-state index is 12.4. The van der Waals surface area contributed by atoms with Crippen LogP contribution in [0.15, 0.2) is 54.6 Å². The summed E-state index contributed by atoms with van der Waals surface area (Å²) < 4.78 is 0. The highest BCUT2D eigenvalue weighted by Gasteiger charge is 2.22. The Kier molecular flexibility index (Phi) is 5.65. The highest BCUT2D eigenvalue weighted by atomic mass is 16.1. The highest BCUT2D eigenvalue weighted by Crippen LogP contribution is 2.24. The Morgan fingerprint density at radius 2 is 1.67 bits per heavy atom. The SMILES string of the molecule is Cc1ccc(C(=O)NC[C@@H](c2ccccc2)N2CCCCC2)cc1. The Balaban J connectivity index is 1.69. The van der Waals surface area contributed by atoms with E-state index in [2.05, 4.69) is 34.5 Å². The number of nitrogens with one attached hydrogen (secondary N) is 1. The molecule has 1 fully saturated rings. The van der Waals surface area contributed by atoms with Crippen molar-refractivity contribution in [3.05, 3.63) is 71.3 Å². The molecule has 3 nitrogen and oxygen atoms in total. The first-order chi connectivity index (χ1) is 11.7. The fourth-order valence-electron chi connectivity index (χ4n) is 3.36. The lowest BCUT2D eigenvalue weighted by molar-refractivity contribution is 0.0924. The molecule has 0 aliphatic carbocycles. The highest BCUT2D eigenvalue weighted by molar-refractivity contribution is 5.94. The number of carbonyl (C=O) groups is 1. The standard InChI is InChI=1S/C21H26N2O/c1-17-10-12-19(13-11-17)21(24)22-16-20(18-8-4-2-5-9-18)23-14-6-3-7-15-23/h2,4-5,8-13,20H,3,6-7,14-16H2,1H3,(H,22,24)/t20-/m0/s1. The van der Waals surface area contributed by atoms with Crippen molar-refractivity contribution in [2.24, 2.45) is 0 Å². The number of nitrogens with zero attached hydrogens (tertiary/aromatic N) is 1. The molecular weight excluding hydrogens is 296 g/mol. The van der Waals surface area contributed by atoms with Gasteiger partial charge in [0.05, 0.1) is 6.04 Å². The molecule has 24 heavy (non-hydrogen) atoms. The van der Waals surface area contributed by atoms with Gasteiger partial charge in [-0.1, -0.05) is 54.4 Å². The van der Waals surface area contributed by atoms with Crippen LogP contribution >= 0.6 is 0 Å². The summed E-state index contributed by atoms with van der Waals surface area (Å²) in [5, 5.41) is 3.13. The third kappa shape index (κ3) is 4.24. The van der Waals surface area contributed by atoms with Crippen LogP contribution in [0.3, 0.4) is 0 Å². The number of likely N-dealkylation sites (tertiary alicyclic amines) is 1. The van der Waals surface area contributed by atoms with Gasteiger partial charge in [0, 0.05) is 12.1 Å². The average molecular weight is 322 g/mol. The molecule has 126 valence electrons. The Hall–Kier alpha value is -2.13. The van der Waals surface area contributed by atoms with Gasteiger partial charge >= 0.3 is 0 Å². The molecule has 0 aromatic heterocycles. The fourth-order valence-corrected chi connectivity index (χ4v) is 3.36. The Morgan fingerprint density at radius 1 is 1.00 bits per heavy atom. The lowest BCUT2D eigenvalue weighted by atomic mass is 10.0. The van der Waals surface area contributed by atoms with Gasteiger partial charge < -0.3 is 5.32 Å². The molecule has 3 heteroatoms. The largest absolute Gasteiger partial charge is 0.350 e. The quantitative estimate of drug-likeness (QED) is 0.904. The molecule has 1 atom stereocenters. The second-order valence-corrected chi connectivity index (χ2v) is 6.60. The van der Waals surface area contributed by atoms with Crippen molar-refractivity contribution in [2.45, 2.75) is 32.2 Å². The Morgan fingerprint density at radius 3 is 2.33 bits per heavy atom. The fraction of sp³-hybridized carbons (Fsp3) is 0.381. The number of hydrogen-bond acceptors (Lipinski definition) is 2. The molecule has 1 N–H and O–H groups in total. The molecule has 0 unspecified atom stereocenters. The van der Waals surface area contributed by atoms with Gasteiger partial charge in [-0.25, -0.2) is 0 Å². The topological polar surface area (TPSA) is 32.3 Å². The first-order valence-corrected chi connectivity index (χ1v) is 8.88. The predicted molar refractivity (Wildman–Crippen MR) is 98.1 cm³/mol. The van der Waals surface area contributed by atoms with Crippen molar-refractivity contribution in [2.75, 3.05) is 19.6 Å². The molecule has 1 aliphatic rings. The van der Waals surface area contributed by atoms with Crippen molar-refractivity contribution in [1.29, 1.82) is 0 Å². The average Bonchev–Trinajstić information content (AvgIpc) is 2.64. The lowest BCUT2D eigenvalue weighted by Crippen LogP contribution is -2.40. The van der Waals surface area contributed by atoms with E-state index >= 15 is 0 Å². The number of piperidine rings is 1. The van der Waals surface area contributed by atoms with E-state index in [1.165, 1.54) is 30.4 Å². The molecule has 2 aromatic carbocycles. The molecule has 1 aliphatic heterocycles. The smallest absolute Gasteiger partial charge is 0.251 e. The number of hydrogen-bond donors (Lipinski definition) is 1. The van der Waals surface area contributed by atoms with Gasteiger partial charge in [0.25, 0.3) is 5.91 Å². The monoisotopic (exact) mass is 322 g/mol. The molecule has 0 radical (unpaired) electrons. The van der Waals surface area contributed by atoms with Crippen molar-refractivity contribution in [3.63, 3.8) is 0 Å². The van der Waals surface area contributed by atoms with E-state index in [1.54, 1.807) is 0 Å². The van der Waals surface area contributed by atoms with Crippen LogP contribution in [0, 0.1) is 6.92 Å². The van der Waals surface area contributed by atoms with E-state index in [-0.39, 0.29) is 11.9 Å². The number of aryl methyl sites for hydroxylation is 1. The van der Waals surface area contributed by atoms with E-state index in [9.17, 15) is 4.79 Å². The van der Waals surface area contributed by atoms with Gasteiger partial charge in [0.2, 0.25) is 0 Å². The van der Waals surface area contributed by atoms with Gasteiger partial charge in [-0.15, -0.1) is 0 Å². The summed E-state index contributed by atoms with van der Waals surface area (Å²) in [4.78, 5) is 15.0. The molecule has 3 rings (SSSR count). The van der Waals surface area contributed by atoms with E-state index in [1.807, 2.05) is 37.3 Å². The minimum absolute atomic E-state index is 0.00735. The summed E-state index contributed by atoms with van der Waals surface area (Å²) in [7, 11) is 0. The molecule has 1 heterocycles. The second-order valence-electron chi connectivity index (χ2n) is 6.60. The van der Waals surface area contributed by atoms with E-state index in [4.69, 9.17) is 0 Å². The molecule has 0 bridgehead atoms. The lowest BCUT2D eigenvalue weighted by Gasteiger charge is -2.35. The van der Waals surface area contributed by atoms with E-state index < -0.39 is 0 Å². The number of rotatable bonds is 5. The minimum atomic E-state index is 0.00735. The van der Waals surface area contributed by atoms with Crippen molar-refractivity contribution in [3.8, 4) is 0 Å². The van der Waals surface area contributed by atoms with Gasteiger partial charge in [-0.3, -0.25) is 9.69 Å². The van der Waals surface area contributed by atoms with Crippen LogP contribution in [0.4, 0.5) is 0 Å². The van der Waals surface area contributed by atoms with Gasteiger partial charge in [0.1, 0.15) is 0 Å². The Labute approximate surface area is 144 Å². The third-order valence-corrected chi connectivity index (χ3v) is 4.79. The first kappa shape index (κ1) is 16.7. The molecular formula is C21H26N2O. The maximum atomic E-state index is 12.4. The summed E-state index contributed by atoms with van der Waals surface area (Å²) in [6.07, 6.45) is 3.80. The summed E-state index contributed by atoms with van der Waals surface area (Å²) in [5.41, 5.74) is 3.18. The zero-order valence-electron chi connectivity index (χ0n) is 14.4. The number of amides is 1. The minimum Gasteiger partial charge on any atom is -0.350 e. The molecule has 1 saturated heterocycles. The van der Waals surface area contributed by atoms with Crippen LogP contribution in [0.2, 0.25) is 0 Å². The van der Waals surface area contributed by atoms with E-state index in [0.717, 1.165) is 18.7 Å². The van der Waals surface area contributed by atoms with Crippen LogP contribution < -0.4 is 5.32 Å². The summed E-state index contributed by atoms with van der Waals surface area (Å²) in [5.74, 6) is 0.00735. The van der Waals surface area contributed by atoms with Gasteiger partial charge in [-0.05, 0) is 50.6 Å². The van der Waals surface area contributed by atoms with Crippen LogP contribution in [0.1, 0.15) is 46.8 Å². The van der Waals surface area contributed by atoms with Crippen molar-refractivity contribution < 1.29 is 4.79 Å². The molecule has 0 saturated carbocycles. The summed E-state index contributed by atoms with van der Waals surface area (Å²) in [6.45, 7) is 4.90. The second kappa shape index (κ2) is 8.11. The van der Waals surface area contributed by atoms with Crippen LogP contribution in [-0.2, 0) is 0 Å². The van der Waals surface area contributed by atoms with Crippen LogP contribution in [-0.4, -0.2) is 30.4 Å². The summed E-state index contributed by atoms with van der Waals surface area (Å²) >= 11 is 0. The van der Waals surface area contributed by atoms with Crippen LogP contribution in [0.25, 0.3) is 0 Å². The molecule has 1 amide bonds. The van der Waals surface area contributed by atoms with Crippen molar-refractivity contribution in [1.82, 2.24) is 10.2 Å². The molecule has 2 aromatic rings. The van der Waals surface area contributed by atoms with Crippen molar-refractivity contribution >= 4 is 5.91 Å². The number of carbonyl (C=O) groups excluding carboxylic acids is 1. The van der Waals surface area contributed by atoms with Gasteiger partial charge in [0.15, 0.2) is 0 Å². The summed E-state index contributed by atoms with van der Waals surface area (Å²) in [6, 6.07) is 18.5.